The molecule has 11 heteroatoms. The normalized spacial score (nSPS) is 10.9. The number of hydrogen-bond acceptors (Lipinski definition) is 8. The number of carbonyl (C=O) groups is 1. The number of oxazole rings is 1. The van der Waals surface area contributed by atoms with Gasteiger partial charge in [-0.25, -0.2) is 4.98 Å². The van der Waals surface area contributed by atoms with Gasteiger partial charge in [0.2, 0.25) is 5.89 Å². The van der Waals surface area contributed by atoms with E-state index in [1.165, 1.54) is 25.1 Å². The molecule has 0 saturated heterocycles. The van der Waals surface area contributed by atoms with Gasteiger partial charge in [0.1, 0.15) is 16.8 Å². The lowest BCUT2D eigenvalue weighted by molar-refractivity contribution is -0.395. The number of hydrogen-bond donors (Lipinski definition) is 2. The quantitative estimate of drug-likeness (QED) is 0.232. The Morgan fingerprint density at radius 2 is 1.65 bits per heavy atom. The van der Waals surface area contributed by atoms with Crippen LogP contribution in [0.3, 0.4) is 0 Å². The van der Waals surface area contributed by atoms with Crippen LogP contribution in [0.1, 0.15) is 27.0 Å². The fourth-order valence-electron chi connectivity index (χ4n) is 3.67. The van der Waals surface area contributed by atoms with Crippen LogP contribution in [-0.2, 0) is 0 Å². The number of aromatic nitrogens is 1. The molecule has 1 amide bonds. The van der Waals surface area contributed by atoms with Gasteiger partial charge in [0.15, 0.2) is 5.58 Å². The van der Waals surface area contributed by atoms with Crippen molar-refractivity contribution in [2.45, 2.75) is 20.8 Å². The van der Waals surface area contributed by atoms with Gasteiger partial charge in [0.05, 0.1) is 21.0 Å². The highest BCUT2D eigenvalue weighted by atomic mass is 16.6. The van der Waals surface area contributed by atoms with E-state index in [1.54, 1.807) is 0 Å². The van der Waals surface area contributed by atoms with Crippen molar-refractivity contribution in [3.8, 4) is 17.2 Å². The molecule has 0 atom stereocenters. The van der Waals surface area contributed by atoms with E-state index in [9.17, 15) is 30.1 Å². The van der Waals surface area contributed by atoms with Crippen molar-refractivity contribution in [1.29, 1.82) is 0 Å². The van der Waals surface area contributed by atoms with Gasteiger partial charge in [-0.15, -0.1) is 0 Å². The SMILES string of the molecule is Cc1cc(C)c2oc(-c3cc(NC(=O)c4cc([N+](=O)[O-])c(C)c([N+](=O)[O-])c4)ccc3O)nc2c1. The number of fused-ring (bicyclic) bond motifs is 1. The lowest BCUT2D eigenvalue weighted by Gasteiger charge is -2.09. The van der Waals surface area contributed by atoms with Crippen LogP contribution in [0.4, 0.5) is 17.1 Å². The van der Waals surface area contributed by atoms with Gasteiger partial charge >= 0.3 is 0 Å². The number of nitro benzene ring substituents is 2. The van der Waals surface area contributed by atoms with Gasteiger partial charge in [0, 0.05) is 17.8 Å². The third kappa shape index (κ3) is 4.01. The van der Waals surface area contributed by atoms with Crippen LogP contribution in [0.5, 0.6) is 5.75 Å². The Balaban J connectivity index is 1.71. The predicted molar refractivity (Wildman–Crippen MR) is 123 cm³/mol. The predicted octanol–water partition coefficient (Wildman–Crippen LogP) is 5.19. The number of aromatic hydroxyl groups is 1. The number of nitrogens with one attached hydrogen (secondary N) is 1. The summed E-state index contributed by atoms with van der Waals surface area (Å²) < 4.78 is 5.83. The Hall–Kier alpha value is -4.80. The molecule has 1 heterocycles. The van der Waals surface area contributed by atoms with Gasteiger partial charge in [-0.3, -0.25) is 25.0 Å². The number of rotatable bonds is 5. The summed E-state index contributed by atoms with van der Waals surface area (Å²) in [5.41, 5.74) is 1.99. The third-order valence-corrected chi connectivity index (χ3v) is 5.31. The Bertz CT molecular complexity index is 1470. The Kier molecular flexibility index (Phi) is 5.45. The van der Waals surface area contributed by atoms with E-state index >= 15 is 0 Å². The van der Waals surface area contributed by atoms with Gasteiger partial charge in [-0.2, -0.15) is 0 Å². The first-order chi connectivity index (χ1) is 16.0. The maximum absolute atomic E-state index is 12.8. The molecule has 0 aliphatic carbocycles. The lowest BCUT2D eigenvalue weighted by Crippen LogP contribution is -2.13. The molecule has 3 aromatic carbocycles. The van der Waals surface area contributed by atoms with E-state index in [4.69, 9.17) is 4.42 Å². The van der Waals surface area contributed by atoms with Crippen LogP contribution < -0.4 is 5.32 Å². The summed E-state index contributed by atoms with van der Waals surface area (Å²) in [7, 11) is 0. The molecule has 0 radical (unpaired) electrons. The van der Waals surface area contributed by atoms with E-state index in [2.05, 4.69) is 10.3 Å². The zero-order chi connectivity index (χ0) is 24.7. The summed E-state index contributed by atoms with van der Waals surface area (Å²) >= 11 is 0. The van der Waals surface area contributed by atoms with Gasteiger partial charge in [-0.05, 0) is 56.2 Å². The first kappa shape index (κ1) is 22.4. The monoisotopic (exact) mass is 462 g/mol. The number of amides is 1. The number of nitro groups is 2. The molecule has 0 bridgehead atoms. The second-order valence-electron chi connectivity index (χ2n) is 7.79. The molecule has 0 spiro atoms. The standard InChI is InChI=1S/C23H18N4O7/c1-11-6-12(2)21-17(7-11)25-23(34-21)16-10-15(4-5-20(16)28)24-22(29)14-8-18(26(30)31)13(3)19(9-14)27(32)33/h4-10,28H,1-3H3,(H,24,29). The summed E-state index contributed by atoms with van der Waals surface area (Å²) in [6, 6.07) is 9.90. The molecule has 1 aromatic heterocycles. The first-order valence-electron chi connectivity index (χ1n) is 10.0. The minimum Gasteiger partial charge on any atom is -0.507 e. The maximum atomic E-state index is 12.8. The number of carbonyl (C=O) groups excluding carboxylic acids is 1. The van der Waals surface area contributed by atoms with Crippen LogP contribution in [-0.4, -0.2) is 25.8 Å². The molecular weight excluding hydrogens is 444 g/mol. The molecule has 0 aliphatic rings. The minimum atomic E-state index is -0.799. The lowest BCUT2D eigenvalue weighted by atomic mass is 10.1. The van der Waals surface area contributed by atoms with Crippen LogP contribution in [0, 0.1) is 41.0 Å². The van der Waals surface area contributed by atoms with Crippen molar-refractivity contribution < 1.29 is 24.2 Å². The summed E-state index contributed by atoms with van der Waals surface area (Å²) in [5, 5.41) is 35.5. The number of benzene rings is 3. The van der Waals surface area contributed by atoms with Gasteiger partial charge in [0.25, 0.3) is 17.3 Å². The highest BCUT2D eigenvalue weighted by Gasteiger charge is 2.25. The molecular formula is C23H18N4O7. The summed E-state index contributed by atoms with van der Waals surface area (Å²) in [4.78, 5) is 38.2. The molecule has 4 aromatic rings. The van der Waals surface area contributed by atoms with E-state index < -0.39 is 27.1 Å². The highest BCUT2D eigenvalue weighted by Crippen LogP contribution is 2.35. The van der Waals surface area contributed by atoms with Crippen LogP contribution in [0.15, 0.2) is 46.9 Å². The summed E-state index contributed by atoms with van der Waals surface area (Å²) in [5.74, 6) is -0.800. The fourth-order valence-corrected chi connectivity index (χ4v) is 3.67. The van der Waals surface area contributed by atoms with Crippen LogP contribution in [0.2, 0.25) is 0 Å². The molecule has 0 saturated carbocycles. The number of nitrogens with zero attached hydrogens (tertiary/aromatic N) is 3. The molecule has 0 unspecified atom stereocenters. The second kappa shape index (κ2) is 8.28. The first-order valence-corrected chi connectivity index (χ1v) is 10.0. The minimum absolute atomic E-state index is 0.138. The molecule has 4 rings (SSSR count). The van der Waals surface area contributed by atoms with Gasteiger partial charge in [-0.1, -0.05) is 6.07 Å². The van der Waals surface area contributed by atoms with E-state index in [1.807, 2.05) is 26.0 Å². The summed E-state index contributed by atoms with van der Waals surface area (Å²) in [6.07, 6.45) is 0. The number of phenolic OH excluding ortho intramolecular Hbond substituents is 1. The van der Waals surface area contributed by atoms with E-state index in [-0.39, 0.29) is 34.0 Å². The summed E-state index contributed by atoms with van der Waals surface area (Å²) in [6.45, 7) is 5.04. The maximum Gasteiger partial charge on any atom is 0.279 e. The van der Waals surface area contributed by atoms with Crippen molar-refractivity contribution in [3.05, 3.63) is 84.9 Å². The van der Waals surface area contributed by atoms with Crippen molar-refractivity contribution >= 4 is 34.1 Å². The Labute approximate surface area is 192 Å². The zero-order valence-corrected chi connectivity index (χ0v) is 18.3. The zero-order valence-electron chi connectivity index (χ0n) is 18.3. The molecule has 34 heavy (non-hydrogen) atoms. The second-order valence-corrected chi connectivity index (χ2v) is 7.79. The molecule has 11 nitrogen and oxygen atoms in total. The molecule has 0 fully saturated rings. The Morgan fingerprint density at radius 1 is 1.00 bits per heavy atom. The largest absolute Gasteiger partial charge is 0.507 e. The van der Waals surface area contributed by atoms with Crippen molar-refractivity contribution in [3.63, 3.8) is 0 Å². The van der Waals surface area contributed by atoms with Crippen LogP contribution in [0.25, 0.3) is 22.6 Å². The van der Waals surface area contributed by atoms with Crippen molar-refractivity contribution in [1.82, 2.24) is 4.98 Å². The average molecular weight is 462 g/mol. The average Bonchev–Trinajstić information content (AvgIpc) is 3.18. The highest BCUT2D eigenvalue weighted by molar-refractivity contribution is 6.05. The molecule has 2 N–H and O–H groups in total. The Morgan fingerprint density at radius 3 is 2.26 bits per heavy atom. The smallest absolute Gasteiger partial charge is 0.279 e. The van der Waals surface area contributed by atoms with E-state index in [0.717, 1.165) is 23.3 Å². The fraction of sp³-hybridized carbons (Fsp3) is 0.130. The number of phenols is 1. The van der Waals surface area contributed by atoms with E-state index in [0.29, 0.717) is 11.1 Å². The van der Waals surface area contributed by atoms with Crippen molar-refractivity contribution in [2.75, 3.05) is 5.32 Å². The number of aryl methyl sites for hydroxylation is 2. The third-order valence-electron chi connectivity index (χ3n) is 5.31. The molecule has 0 aliphatic heterocycles. The topological polar surface area (TPSA) is 162 Å². The van der Waals surface area contributed by atoms with Crippen LogP contribution >= 0.6 is 0 Å². The number of anilines is 1. The van der Waals surface area contributed by atoms with Crippen molar-refractivity contribution in [2.24, 2.45) is 0 Å². The molecule has 172 valence electrons. The van der Waals surface area contributed by atoms with Gasteiger partial charge < -0.3 is 14.8 Å².